The molecule has 216 valence electrons. The van der Waals surface area contributed by atoms with Gasteiger partial charge in [-0.25, -0.2) is 0 Å². The molecule has 0 radical (unpaired) electrons. The van der Waals surface area contributed by atoms with E-state index in [9.17, 15) is 0 Å². The highest BCUT2D eigenvalue weighted by Gasteiger charge is 2.32. The number of hydrogen-bond acceptors (Lipinski definition) is 3. The van der Waals surface area contributed by atoms with E-state index in [1.54, 1.807) is 0 Å². The van der Waals surface area contributed by atoms with Gasteiger partial charge in [0.1, 0.15) is 11.2 Å². The Bertz CT molecular complexity index is 1600. The molecule has 0 aliphatic carbocycles. The molecule has 5 aromatic rings. The van der Waals surface area contributed by atoms with E-state index in [1.807, 2.05) is 0 Å². The van der Waals surface area contributed by atoms with E-state index in [4.69, 9.17) is 8.39 Å². The van der Waals surface area contributed by atoms with E-state index in [2.05, 4.69) is 143 Å². The van der Waals surface area contributed by atoms with E-state index < -0.39 is 8.16 Å². The van der Waals surface area contributed by atoms with Gasteiger partial charge < -0.3 is 8.39 Å². The van der Waals surface area contributed by atoms with E-state index >= 15 is 0 Å². The van der Waals surface area contributed by atoms with Gasteiger partial charge in [-0.15, -0.1) is 0 Å². The van der Waals surface area contributed by atoms with Crippen molar-refractivity contribution in [2.45, 2.75) is 65.5 Å². The second-order valence-electron chi connectivity index (χ2n) is 11.3. The summed E-state index contributed by atoms with van der Waals surface area (Å²) >= 11 is 0. The van der Waals surface area contributed by atoms with Crippen LogP contribution in [0.15, 0.2) is 130 Å². The maximum absolute atomic E-state index is 7.21. The summed E-state index contributed by atoms with van der Waals surface area (Å²) in [6.45, 7) is 17.1. The largest absolute Gasteiger partial charge is 0.407 e. The van der Waals surface area contributed by atoms with E-state index in [0.29, 0.717) is 0 Å². The molecular weight excluding hydrogens is 533 g/mol. The average molecular weight is 576 g/mol. The molecule has 2 atom stereocenters. The van der Waals surface area contributed by atoms with Crippen LogP contribution in [0.25, 0.3) is 21.9 Å². The molecule has 42 heavy (non-hydrogen) atoms. The van der Waals surface area contributed by atoms with Crippen LogP contribution in [-0.4, -0.2) is 0 Å². The molecule has 0 bridgehead atoms. The molecule has 0 saturated carbocycles. The molecule has 3 nitrogen and oxygen atoms in total. The van der Waals surface area contributed by atoms with Gasteiger partial charge in [0.15, 0.2) is 0 Å². The van der Waals surface area contributed by atoms with Gasteiger partial charge in [-0.2, -0.15) is 4.67 Å². The first-order chi connectivity index (χ1) is 20.4. The Morgan fingerprint density at radius 3 is 1.38 bits per heavy atom. The lowest BCUT2D eigenvalue weighted by Crippen LogP contribution is -2.30. The molecule has 0 amide bonds. The molecule has 0 fully saturated rings. The maximum atomic E-state index is 7.21. The summed E-state index contributed by atoms with van der Waals surface area (Å²) in [6.07, 6.45) is 3.33. The molecule has 0 spiro atoms. The number of nitrogens with zero attached hydrogens (tertiary/aromatic N) is 1. The van der Waals surface area contributed by atoms with Crippen molar-refractivity contribution in [3.05, 3.63) is 144 Å². The molecule has 1 aromatic heterocycles. The first-order valence-electron chi connectivity index (χ1n) is 15.0. The molecule has 0 saturated heterocycles. The fourth-order valence-corrected chi connectivity index (χ4v) is 7.97. The summed E-state index contributed by atoms with van der Waals surface area (Å²) in [5, 5.41) is 2.13. The second kappa shape index (κ2) is 13.5. The molecule has 0 aliphatic heterocycles. The lowest BCUT2D eigenvalue weighted by Gasteiger charge is -2.35. The highest BCUT2D eigenvalue weighted by molar-refractivity contribution is 7.39. The number of fused-ring (bicyclic) bond motifs is 3. The molecule has 5 rings (SSSR count). The smallest absolute Gasteiger partial charge is 0.310 e. The molecule has 4 heteroatoms. The van der Waals surface area contributed by atoms with Gasteiger partial charge in [-0.05, 0) is 61.8 Å². The Hall–Kier alpha value is -3.78. The minimum absolute atomic E-state index is 0.0917. The van der Waals surface area contributed by atoms with Crippen molar-refractivity contribution in [3.63, 3.8) is 0 Å². The van der Waals surface area contributed by atoms with Crippen molar-refractivity contribution in [2.75, 3.05) is 4.67 Å². The van der Waals surface area contributed by atoms with Crippen molar-refractivity contribution in [2.24, 2.45) is 0 Å². The first kappa shape index (κ1) is 29.7. The summed E-state index contributed by atoms with van der Waals surface area (Å²) in [6, 6.07) is 34.7. The minimum atomic E-state index is -1.58. The Morgan fingerprint density at radius 1 is 0.619 bits per heavy atom. The highest BCUT2D eigenvalue weighted by Crippen LogP contribution is 2.49. The quantitative estimate of drug-likeness (QED) is 0.147. The van der Waals surface area contributed by atoms with Crippen LogP contribution >= 0.6 is 8.16 Å². The van der Waals surface area contributed by atoms with Gasteiger partial charge in [0.25, 0.3) is 0 Å². The third-order valence-electron chi connectivity index (χ3n) is 7.78. The normalized spacial score (nSPS) is 12.9. The third-order valence-corrected chi connectivity index (χ3v) is 9.39. The predicted octanol–water partition coefficient (Wildman–Crippen LogP) is 11.8. The van der Waals surface area contributed by atoms with E-state index in [0.717, 1.165) is 69.9 Å². The molecule has 4 aromatic carbocycles. The number of rotatable bonds is 11. The lowest BCUT2D eigenvalue weighted by molar-refractivity contribution is 0.503. The van der Waals surface area contributed by atoms with Crippen molar-refractivity contribution in [1.29, 1.82) is 0 Å². The molecule has 0 unspecified atom stereocenters. The zero-order valence-electron chi connectivity index (χ0n) is 25.3. The Labute approximate surface area is 251 Å². The molecule has 0 N–H and O–H groups in total. The number of hydrogen-bond donors (Lipinski definition) is 0. The monoisotopic (exact) mass is 575 g/mol. The summed E-state index contributed by atoms with van der Waals surface area (Å²) in [5.41, 5.74) is 8.78. The van der Waals surface area contributed by atoms with Gasteiger partial charge in [0.05, 0.1) is 0 Å². The maximum Gasteiger partial charge on any atom is 0.310 e. The summed E-state index contributed by atoms with van der Waals surface area (Å²) in [5.74, 6) is 0. The predicted molar refractivity (Wildman–Crippen MR) is 181 cm³/mol. The Kier molecular flexibility index (Phi) is 9.52. The van der Waals surface area contributed by atoms with Crippen LogP contribution in [0, 0.1) is 0 Å². The second-order valence-corrected chi connectivity index (χ2v) is 12.6. The van der Waals surface area contributed by atoms with Crippen molar-refractivity contribution in [1.82, 2.24) is 0 Å². The third kappa shape index (κ3) is 6.33. The summed E-state index contributed by atoms with van der Waals surface area (Å²) < 4.78 is 16.9. The average Bonchev–Trinajstić information content (AvgIpc) is 3.16. The van der Waals surface area contributed by atoms with Crippen LogP contribution in [0.5, 0.6) is 0 Å². The van der Waals surface area contributed by atoms with E-state index in [1.165, 1.54) is 11.1 Å². The highest BCUT2D eigenvalue weighted by atomic mass is 31.1. The fraction of sp³-hybridized carbons (Fsp3) is 0.263. The molecule has 0 aliphatic rings. The Morgan fingerprint density at radius 2 is 1.02 bits per heavy atom. The minimum Gasteiger partial charge on any atom is -0.407 e. The van der Waals surface area contributed by atoms with E-state index in [-0.39, 0.29) is 12.1 Å². The van der Waals surface area contributed by atoms with Crippen LogP contribution in [0.4, 0.5) is 0 Å². The van der Waals surface area contributed by atoms with Crippen LogP contribution in [-0.2, 0) is 12.8 Å². The van der Waals surface area contributed by atoms with Gasteiger partial charge in [-0.3, -0.25) is 0 Å². The zero-order chi connectivity index (χ0) is 29.6. The van der Waals surface area contributed by atoms with Gasteiger partial charge >= 0.3 is 8.16 Å². The zero-order valence-corrected chi connectivity index (χ0v) is 26.2. The van der Waals surface area contributed by atoms with Crippen LogP contribution < -0.4 is 4.67 Å². The van der Waals surface area contributed by atoms with Gasteiger partial charge in [0.2, 0.25) is 0 Å². The lowest BCUT2D eigenvalue weighted by atomic mass is 9.99. The van der Waals surface area contributed by atoms with Crippen molar-refractivity contribution in [3.8, 4) is 0 Å². The molecular formula is C38H42NO2P. The van der Waals surface area contributed by atoms with Gasteiger partial charge in [-0.1, -0.05) is 135 Å². The van der Waals surface area contributed by atoms with Crippen LogP contribution in [0.3, 0.4) is 0 Å². The number of para-hydroxylation sites is 2. The fourth-order valence-electron chi connectivity index (χ4n) is 5.95. The van der Waals surface area contributed by atoms with Gasteiger partial charge in [0, 0.05) is 22.9 Å². The standard InChI is InChI=1S/C38H42NO2P/c1-7-35(29-17-11-9-12-18-29)39(36(8-2)30-19-13-10-14-20-30)42-40-37-31(25-27(3)4)21-15-23-33(37)34-24-16-22-32(26-28(5)6)38(34)41-42/h9-24,35-36H,3,5,7-8,25-26H2,1-2,4,6H3/t35-,36-/m0/s1. The number of benzene rings is 4. The first-order valence-corrected chi connectivity index (χ1v) is 16.1. The van der Waals surface area contributed by atoms with Crippen LogP contribution in [0.1, 0.15) is 74.9 Å². The SMILES string of the molecule is C=C(C)Cc1cccc2c1op(N([C@@H](CC)c1ccccc1)[C@@H](CC)c1ccccc1)oc1c(CC(=C)C)cccc12. The van der Waals surface area contributed by atoms with Crippen molar-refractivity contribution >= 4 is 30.1 Å². The summed E-state index contributed by atoms with van der Waals surface area (Å²) in [7, 11) is -1.58. The Balaban J connectivity index is 1.91. The van der Waals surface area contributed by atoms with Crippen molar-refractivity contribution < 1.29 is 8.39 Å². The van der Waals surface area contributed by atoms with Crippen LogP contribution in [0.2, 0.25) is 0 Å². The summed E-state index contributed by atoms with van der Waals surface area (Å²) in [4.78, 5) is 0. The molecule has 1 heterocycles. The topological polar surface area (TPSA) is 29.5 Å². The number of allylic oxidation sites excluding steroid dienone is 2.